The third-order valence-corrected chi connectivity index (χ3v) is 7.75. The van der Waals surface area contributed by atoms with Gasteiger partial charge in [-0.2, -0.15) is 0 Å². The van der Waals surface area contributed by atoms with Crippen molar-refractivity contribution in [2.24, 2.45) is 0 Å². The zero-order chi connectivity index (χ0) is 18.9. The van der Waals surface area contributed by atoms with Gasteiger partial charge in [0.2, 0.25) is 5.91 Å². The minimum atomic E-state index is -3.57. The summed E-state index contributed by atoms with van der Waals surface area (Å²) in [6.07, 6.45) is 0.477. The molecule has 142 valence electrons. The molecular formula is C18H24N2O5S. The molecule has 2 heterocycles. The van der Waals surface area contributed by atoms with Gasteiger partial charge in [0.1, 0.15) is 10.6 Å². The first-order valence-electron chi connectivity index (χ1n) is 8.68. The van der Waals surface area contributed by atoms with Gasteiger partial charge in [0.15, 0.2) is 9.84 Å². The van der Waals surface area contributed by atoms with Gasteiger partial charge in [-0.1, -0.05) is 17.7 Å². The molecule has 0 N–H and O–H groups in total. The van der Waals surface area contributed by atoms with Crippen molar-refractivity contribution in [2.75, 3.05) is 39.1 Å². The lowest BCUT2D eigenvalue weighted by Gasteiger charge is -2.43. The topological polar surface area (TPSA) is 84.0 Å². The lowest BCUT2D eigenvalue weighted by Crippen LogP contribution is -2.57. The highest BCUT2D eigenvalue weighted by atomic mass is 32.2. The molecule has 0 atom stereocenters. The van der Waals surface area contributed by atoms with Crippen LogP contribution in [0.3, 0.4) is 0 Å². The largest absolute Gasteiger partial charge is 0.383 e. The van der Waals surface area contributed by atoms with Gasteiger partial charge >= 0.3 is 0 Å². The number of rotatable bonds is 4. The Labute approximate surface area is 153 Å². The van der Waals surface area contributed by atoms with Crippen molar-refractivity contribution in [1.82, 2.24) is 9.80 Å². The summed E-state index contributed by atoms with van der Waals surface area (Å²) >= 11 is 0. The highest BCUT2D eigenvalue weighted by Crippen LogP contribution is 2.39. The van der Waals surface area contributed by atoms with E-state index in [4.69, 9.17) is 4.74 Å². The summed E-state index contributed by atoms with van der Waals surface area (Å²) in [6.45, 7) is 3.11. The third kappa shape index (κ3) is 3.12. The first-order valence-corrected chi connectivity index (χ1v) is 10.3. The summed E-state index contributed by atoms with van der Waals surface area (Å²) < 4.78 is 30.4. The molecule has 3 rings (SSSR count). The third-order valence-electron chi connectivity index (χ3n) is 5.33. The fraction of sp³-hybridized carbons (Fsp3) is 0.556. The predicted octanol–water partition coefficient (Wildman–Crippen LogP) is 0.831. The molecule has 2 aliphatic heterocycles. The standard InChI is InChI=1S/C18H24N2O5S/c1-14-3-5-15(6-4-14)17(22)19-9-7-18(8-10-19)20(11-12-25-2)16(21)13-26(18,23)24/h3-6H,7-13H2,1-2H3. The molecule has 1 spiro atoms. The summed E-state index contributed by atoms with van der Waals surface area (Å²) in [5, 5.41) is 0. The molecule has 0 radical (unpaired) electrons. The van der Waals surface area contributed by atoms with Crippen LogP contribution >= 0.6 is 0 Å². The molecule has 2 saturated heterocycles. The number of benzene rings is 1. The van der Waals surface area contributed by atoms with Gasteiger partial charge in [0.05, 0.1) is 6.61 Å². The Bertz CT molecular complexity index is 795. The minimum Gasteiger partial charge on any atom is -0.383 e. The van der Waals surface area contributed by atoms with E-state index in [2.05, 4.69) is 0 Å². The van der Waals surface area contributed by atoms with Crippen LogP contribution in [0.15, 0.2) is 24.3 Å². The van der Waals surface area contributed by atoms with E-state index < -0.39 is 20.5 Å². The summed E-state index contributed by atoms with van der Waals surface area (Å²) in [5.41, 5.74) is 1.66. The molecule has 0 aromatic heterocycles. The average Bonchev–Trinajstić information content (AvgIpc) is 2.79. The Morgan fingerprint density at radius 2 is 1.81 bits per heavy atom. The molecule has 7 nitrogen and oxygen atoms in total. The van der Waals surface area contributed by atoms with E-state index in [-0.39, 0.29) is 37.8 Å². The van der Waals surface area contributed by atoms with Crippen molar-refractivity contribution in [3.63, 3.8) is 0 Å². The number of amides is 2. The molecule has 0 saturated carbocycles. The molecule has 0 aliphatic carbocycles. The van der Waals surface area contributed by atoms with Gasteiger partial charge in [-0.3, -0.25) is 9.59 Å². The SMILES string of the molecule is COCCN1C(=O)CS(=O)(=O)C12CCN(C(=O)c1ccc(C)cc1)CC2. The van der Waals surface area contributed by atoms with Crippen LogP contribution in [0.25, 0.3) is 0 Å². The van der Waals surface area contributed by atoms with Crippen LogP contribution in [0.5, 0.6) is 0 Å². The van der Waals surface area contributed by atoms with Crippen molar-refractivity contribution in [3.05, 3.63) is 35.4 Å². The number of sulfone groups is 1. The Kier molecular flexibility index (Phi) is 5.07. The van der Waals surface area contributed by atoms with Crippen LogP contribution in [-0.2, 0) is 19.4 Å². The number of likely N-dealkylation sites (tertiary alicyclic amines) is 1. The van der Waals surface area contributed by atoms with E-state index >= 15 is 0 Å². The molecule has 8 heteroatoms. The summed E-state index contributed by atoms with van der Waals surface area (Å²) in [5.74, 6) is -0.937. The van der Waals surface area contributed by atoms with Crippen LogP contribution in [0.1, 0.15) is 28.8 Å². The minimum absolute atomic E-state index is 0.106. The molecular weight excluding hydrogens is 356 g/mol. The van der Waals surface area contributed by atoms with Crippen LogP contribution in [0.2, 0.25) is 0 Å². The van der Waals surface area contributed by atoms with Crippen molar-refractivity contribution in [1.29, 1.82) is 0 Å². The molecule has 2 fully saturated rings. The second-order valence-electron chi connectivity index (χ2n) is 6.90. The van der Waals surface area contributed by atoms with E-state index in [9.17, 15) is 18.0 Å². The van der Waals surface area contributed by atoms with Crippen LogP contribution in [0, 0.1) is 6.92 Å². The van der Waals surface area contributed by atoms with Crippen LogP contribution < -0.4 is 0 Å². The Balaban J connectivity index is 1.77. The maximum absolute atomic E-state index is 12.7. The molecule has 1 aromatic carbocycles. The second kappa shape index (κ2) is 7.00. The lowest BCUT2D eigenvalue weighted by molar-refractivity contribution is -0.131. The lowest BCUT2D eigenvalue weighted by atomic mass is 10.0. The number of hydrogen-bond acceptors (Lipinski definition) is 5. The van der Waals surface area contributed by atoms with Crippen LogP contribution in [-0.4, -0.2) is 74.0 Å². The Morgan fingerprint density at radius 3 is 2.38 bits per heavy atom. The molecule has 2 aliphatic rings. The van der Waals surface area contributed by atoms with Gasteiger partial charge in [-0.25, -0.2) is 8.42 Å². The number of nitrogens with zero attached hydrogens (tertiary/aromatic N) is 2. The van der Waals surface area contributed by atoms with Crippen molar-refractivity contribution in [2.45, 2.75) is 24.6 Å². The fourth-order valence-corrected chi connectivity index (χ4v) is 5.88. The number of hydrogen-bond donors (Lipinski definition) is 0. The second-order valence-corrected chi connectivity index (χ2v) is 9.18. The van der Waals surface area contributed by atoms with E-state index in [1.807, 2.05) is 19.1 Å². The number of piperidine rings is 1. The number of aryl methyl sites for hydroxylation is 1. The number of carbonyl (C=O) groups is 2. The Morgan fingerprint density at radius 1 is 1.19 bits per heavy atom. The van der Waals surface area contributed by atoms with Gasteiger partial charge in [0, 0.05) is 45.1 Å². The number of methoxy groups -OCH3 is 1. The van der Waals surface area contributed by atoms with Gasteiger partial charge in [0.25, 0.3) is 5.91 Å². The van der Waals surface area contributed by atoms with Crippen molar-refractivity contribution < 1.29 is 22.7 Å². The maximum Gasteiger partial charge on any atom is 0.253 e. The molecule has 1 aromatic rings. The van der Waals surface area contributed by atoms with Crippen LogP contribution in [0.4, 0.5) is 0 Å². The van der Waals surface area contributed by atoms with E-state index in [0.717, 1.165) is 5.56 Å². The predicted molar refractivity (Wildman–Crippen MR) is 96.4 cm³/mol. The highest BCUT2D eigenvalue weighted by molar-refractivity contribution is 7.93. The number of ether oxygens (including phenoxy) is 1. The summed E-state index contributed by atoms with van der Waals surface area (Å²) in [7, 11) is -2.06. The van der Waals surface area contributed by atoms with E-state index in [1.165, 1.54) is 12.0 Å². The van der Waals surface area contributed by atoms with Gasteiger partial charge in [-0.15, -0.1) is 0 Å². The van der Waals surface area contributed by atoms with Crippen molar-refractivity contribution in [3.8, 4) is 0 Å². The maximum atomic E-state index is 12.7. The van der Waals surface area contributed by atoms with Gasteiger partial charge < -0.3 is 14.5 Å². The Hall–Kier alpha value is -1.93. The molecule has 26 heavy (non-hydrogen) atoms. The normalized spacial score (nSPS) is 21.4. The zero-order valence-electron chi connectivity index (χ0n) is 15.1. The molecule has 0 unspecified atom stereocenters. The van der Waals surface area contributed by atoms with Crippen molar-refractivity contribution >= 4 is 21.7 Å². The van der Waals surface area contributed by atoms with E-state index in [0.29, 0.717) is 18.7 Å². The molecule has 2 amide bonds. The highest BCUT2D eigenvalue weighted by Gasteiger charge is 2.58. The smallest absolute Gasteiger partial charge is 0.253 e. The summed E-state index contributed by atoms with van der Waals surface area (Å²) in [4.78, 5) is 26.8. The average molecular weight is 380 g/mol. The summed E-state index contributed by atoms with van der Waals surface area (Å²) in [6, 6.07) is 7.32. The number of carbonyl (C=O) groups excluding carboxylic acids is 2. The fourth-order valence-electron chi connectivity index (χ4n) is 3.80. The first-order chi connectivity index (χ1) is 12.3. The zero-order valence-corrected chi connectivity index (χ0v) is 15.9. The monoisotopic (exact) mass is 380 g/mol. The quantitative estimate of drug-likeness (QED) is 0.773. The van der Waals surface area contributed by atoms with E-state index in [1.54, 1.807) is 17.0 Å². The van der Waals surface area contributed by atoms with Gasteiger partial charge in [-0.05, 0) is 19.1 Å². The molecule has 0 bridgehead atoms. The first kappa shape index (κ1) is 18.8.